The fourth-order valence-electron chi connectivity index (χ4n) is 10.3. The molecular formula is C56H32BF20OP. The first-order valence-electron chi connectivity index (χ1n) is 23.4. The van der Waals surface area contributed by atoms with E-state index < -0.39 is 152 Å². The summed E-state index contributed by atoms with van der Waals surface area (Å²) in [6.07, 6.45) is -0.167. The zero-order valence-corrected chi connectivity index (χ0v) is 40.7. The smallest absolute Gasteiger partial charge is 0.201 e. The van der Waals surface area contributed by atoms with Gasteiger partial charge in [-0.25, -0.2) is 87.8 Å². The molecule has 0 radical (unpaired) electrons. The van der Waals surface area contributed by atoms with Gasteiger partial charge in [-0.2, -0.15) is 0 Å². The first kappa shape index (κ1) is 57.7. The van der Waals surface area contributed by atoms with Gasteiger partial charge in [-0.1, -0.05) is 98.1 Å². The van der Waals surface area contributed by atoms with E-state index in [1.807, 2.05) is 0 Å². The van der Waals surface area contributed by atoms with Crippen LogP contribution in [0.1, 0.15) is 53.9 Å². The van der Waals surface area contributed by atoms with E-state index in [1.54, 1.807) is 0 Å². The van der Waals surface area contributed by atoms with Crippen LogP contribution in [0.5, 0.6) is 0 Å². The lowest BCUT2D eigenvalue weighted by Crippen LogP contribution is -2.81. The van der Waals surface area contributed by atoms with Crippen LogP contribution in [0.4, 0.5) is 87.8 Å². The standard InChI is InChI=1S/C32H32OP.C24BF20/c33-32(28-23-21-27(22-24-28)26-13-5-1-6-14-26)25-34(29-15-7-2-8-16-29,30-17-9-3-10-18-30)31-19-11-4-12-20-31;26-5-1(6(27)14(35)21(42)13(5)34)25(2-7(28)15(36)22(43)16(37)8(2)29,3-9(30)17(38)23(44)18(39)10(3)31)4-11(32)19(40)24(45)20(41)12(4)33/h2-4,7-12,15-24,26H,1,5-6,13-14,25H2;/q+1;-1. The predicted molar refractivity (Wildman–Crippen MR) is 256 cm³/mol. The van der Waals surface area contributed by atoms with Crippen molar-refractivity contribution in [2.75, 3.05) is 6.16 Å². The first-order valence-corrected chi connectivity index (χ1v) is 25.4. The zero-order valence-electron chi connectivity index (χ0n) is 39.8. The van der Waals surface area contributed by atoms with Crippen molar-refractivity contribution in [2.45, 2.75) is 38.0 Å². The Morgan fingerprint density at radius 2 is 0.570 bits per heavy atom. The number of benzene rings is 8. The van der Waals surface area contributed by atoms with E-state index in [0.717, 1.165) is 5.56 Å². The molecule has 79 heavy (non-hydrogen) atoms. The largest absolute Gasteiger partial charge is 0.290 e. The summed E-state index contributed by atoms with van der Waals surface area (Å²) in [5, 5.41) is 3.75. The summed E-state index contributed by atoms with van der Waals surface area (Å²) in [6, 6.07) is 40.5. The maximum absolute atomic E-state index is 15.4. The quantitative estimate of drug-likeness (QED) is 0.0315. The Balaban J connectivity index is 0.000000216. The van der Waals surface area contributed by atoms with Gasteiger partial charge in [-0.05, 0) is 60.7 Å². The highest BCUT2D eigenvalue weighted by Crippen LogP contribution is 2.55. The van der Waals surface area contributed by atoms with Gasteiger partial charge in [0.2, 0.25) is 5.78 Å². The van der Waals surface area contributed by atoms with Gasteiger partial charge in [-0.15, -0.1) is 21.9 Å². The van der Waals surface area contributed by atoms with Crippen LogP contribution in [0.2, 0.25) is 0 Å². The summed E-state index contributed by atoms with van der Waals surface area (Å²) in [6.45, 7) is 0. The maximum Gasteiger partial charge on any atom is 0.201 e. The number of carbonyl (C=O) groups is 1. The van der Waals surface area contributed by atoms with E-state index in [-0.39, 0.29) is 5.78 Å². The molecule has 410 valence electrons. The lowest BCUT2D eigenvalue weighted by Gasteiger charge is -2.44. The fraction of sp³-hybridized carbons (Fsp3) is 0.125. The molecule has 0 aromatic heterocycles. The van der Waals surface area contributed by atoms with Crippen molar-refractivity contribution in [1.29, 1.82) is 0 Å². The van der Waals surface area contributed by atoms with Crippen LogP contribution in [0.15, 0.2) is 115 Å². The zero-order chi connectivity index (χ0) is 57.6. The van der Waals surface area contributed by atoms with E-state index in [1.165, 1.54) is 53.6 Å². The summed E-state index contributed by atoms with van der Waals surface area (Å²) in [7, 11) is -2.16. The molecule has 0 aliphatic heterocycles. The molecule has 1 nitrogen and oxygen atoms in total. The van der Waals surface area contributed by atoms with Crippen molar-refractivity contribution in [3.05, 3.63) is 243 Å². The van der Waals surface area contributed by atoms with E-state index in [9.17, 15) is 57.5 Å². The van der Waals surface area contributed by atoms with Crippen molar-refractivity contribution >= 4 is 57.0 Å². The van der Waals surface area contributed by atoms with Crippen molar-refractivity contribution in [1.82, 2.24) is 0 Å². The number of Topliss-reactive ketones (excluding diaryl/α,β-unsaturated/α-hetero) is 1. The minimum atomic E-state index is -7.22. The van der Waals surface area contributed by atoms with Gasteiger partial charge in [-0.3, -0.25) is 4.79 Å². The molecule has 1 saturated carbocycles. The number of hydrogen-bond acceptors (Lipinski definition) is 1. The number of hydrogen-bond donors (Lipinski definition) is 0. The average molecular weight is 1140 g/mol. The van der Waals surface area contributed by atoms with E-state index in [4.69, 9.17) is 0 Å². The molecule has 0 saturated heterocycles. The van der Waals surface area contributed by atoms with Crippen LogP contribution in [-0.2, 0) is 0 Å². The lowest BCUT2D eigenvalue weighted by molar-refractivity contribution is 0.102. The molecule has 0 bridgehead atoms. The van der Waals surface area contributed by atoms with E-state index in [2.05, 4.69) is 115 Å². The maximum atomic E-state index is 15.4. The highest BCUT2D eigenvalue weighted by molar-refractivity contribution is 7.96. The van der Waals surface area contributed by atoms with Crippen LogP contribution in [0.25, 0.3) is 0 Å². The van der Waals surface area contributed by atoms with Gasteiger partial charge >= 0.3 is 0 Å². The molecule has 0 spiro atoms. The molecule has 8 aromatic carbocycles. The van der Waals surface area contributed by atoms with Crippen molar-refractivity contribution < 1.29 is 92.6 Å². The van der Waals surface area contributed by atoms with Crippen LogP contribution < -0.4 is 37.8 Å². The number of carbonyl (C=O) groups excluding carboxylic acids is 1. The van der Waals surface area contributed by atoms with Crippen LogP contribution >= 0.6 is 7.26 Å². The lowest BCUT2D eigenvalue weighted by atomic mass is 9.12. The Labute approximate surface area is 435 Å². The summed E-state index contributed by atoms with van der Waals surface area (Å²) >= 11 is 0. The Bertz CT molecular complexity index is 3160. The van der Waals surface area contributed by atoms with E-state index in [0.29, 0.717) is 12.1 Å². The number of rotatable bonds is 11. The third-order valence-electron chi connectivity index (χ3n) is 14.0. The van der Waals surface area contributed by atoms with Gasteiger partial charge in [0.25, 0.3) is 0 Å². The second kappa shape index (κ2) is 22.7. The molecule has 0 atom stereocenters. The Morgan fingerprint density at radius 1 is 0.329 bits per heavy atom. The third-order valence-corrected chi connectivity index (χ3v) is 18.3. The van der Waals surface area contributed by atoms with Gasteiger partial charge in [0.05, 0.1) is 0 Å². The molecule has 1 aliphatic rings. The number of halogens is 20. The highest BCUT2D eigenvalue weighted by Gasteiger charge is 2.53. The third kappa shape index (κ3) is 9.62. The predicted octanol–water partition coefficient (Wildman–Crippen LogP) is 12.8. The molecule has 0 amide bonds. The molecule has 0 heterocycles. The second-order valence-electron chi connectivity index (χ2n) is 18.2. The molecule has 0 unspecified atom stereocenters. The van der Waals surface area contributed by atoms with Gasteiger partial charge in [0.1, 0.15) is 82.0 Å². The second-order valence-corrected chi connectivity index (χ2v) is 21.6. The Kier molecular flexibility index (Phi) is 16.6. The van der Waals surface area contributed by atoms with Gasteiger partial charge < -0.3 is 0 Å². The minimum Gasteiger partial charge on any atom is -0.290 e. The molecule has 1 fully saturated rings. The Morgan fingerprint density at radius 3 is 0.823 bits per heavy atom. The van der Waals surface area contributed by atoms with Crippen molar-refractivity contribution in [2.24, 2.45) is 0 Å². The molecule has 8 aromatic rings. The van der Waals surface area contributed by atoms with Crippen molar-refractivity contribution in [3.63, 3.8) is 0 Å². The summed E-state index contributed by atoms with van der Waals surface area (Å²) in [5.41, 5.74) is -12.1. The number of ketones is 1. The normalized spacial score (nSPS) is 13.1. The summed E-state index contributed by atoms with van der Waals surface area (Å²) < 4.78 is 294. The topological polar surface area (TPSA) is 17.1 Å². The van der Waals surface area contributed by atoms with Crippen LogP contribution in [0.3, 0.4) is 0 Å². The summed E-state index contributed by atoms with van der Waals surface area (Å²) in [5.74, 6) is -70.5. The molecule has 0 N–H and O–H groups in total. The Hall–Kier alpha value is -7.48. The molecule has 9 rings (SSSR count). The van der Waals surface area contributed by atoms with Gasteiger partial charge in [0, 0.05) is 5.56 Å². The van der Waals surface area contributed by atoms with Gasteiger partial charge in [0.15, 0.2) is 69.8 Å². The minimum absolute atomic E-state index is 0.222. The van der Waals surface area contributed by atoms with Crippen LogP contribution in [-0.4, -0.2) is 18.1 Å². The summed E-state index contributed by atoms with van der Waals surface area (Å²) in [4.78, 5) is 13.9. The highest BCUT2D eigenvalue weighted by atomic mass is 31.2. The van der Waals surface area contributed by atoms with Crippen molar-refractivity contribution in [3.8, 4) is 0 Å². The molecular weight excluding hydrogens is 1110 g/mol. The SMILES string of the molecule is Fc1c(F)c(F)c([B-](c2c(F)c(F)c(F)c(F)c2F)(c2c(F)c(F)c(F)c(F)c2F)c2c(F)c(F)c(F)c(F)c2F)c(F)c1F.O=C(C[P+](c1ccccc1)(c1ccccc1)c1ccccc1)c1ccc(C2CCCCC2)cc1. The van der Waals surface area contributed by atoms with Crippen LogP contribution in [0, 0.1) is 116 Å². The molecule has 23 heteroatoms. The first-order chi connectivity index (χ1) is 37.5. The fourth-order valence-corrected chi connectivity index (χ4v) is 14.4. The molecule has 1 aliphatic carbocycles. The monoisotopic (exact) mass is 1140 g/mol. The van der Waals surface area contributed by atoms with E-state index >= 15 is 35.1 Å². The average Bonchev–Trinajstić information content (AvgIpc) is 2.90.